The molecule has 0 heteroatoms. The molecule has 0 amide bonds. The summed E-state index contributed by atoms with van der Waals surface area (Å²) >= 11 is 0. The fraction of sp³-hybridized carbons (Fsp3) is 0.273. The monoisotopic (exact) mass is 146 g/mol. The normalized spacial score (nSPS) is 15.9. The molecule has 0 saturated heterocycles. The van der Waals surface area contributed by atoms with E-state index in [9.17, 15) is 0 Å². The molecule has 1 aliphatic carbocycles. The van der Waals surface area contributed by atoms with E-state index in [1.54, 1.807) is 0 Å². The van der Waals surface area contributed by atoms with Crippen LogP contribution in [0, 0.1) is 0 Å². The summed E-state index contributed by atoms with van der Waals surface area (Å²) in [5.41, 5.74) is 2.61. The average Bonchev–Trinajstić information content (AvgIpc) is 2.39. The molecular weight excluding hydrogens is 132 g/mol. The summed E-state index contributed by atoms with van der Waals surface area (Å²) in [5.74, 6) is 0. The molecule has 0 radical (unpaired) electrons. The van der Waals surface area contributed by atoms with Crippen LogP contribution < -0.4 is 0 Å². The minimum atomic E-state index is 0.997. The summed E-state index contributed by atoms with van der Waals surface area (Å²) in [7, 11) is 0. The standard InChI is InChI=1S/C11H14/c1-10(2)6-5-9-11-7-3-4-8-11/h3-5,7,9H,1,6,8H2,2H3/b9-5+. The lowest BCUT2D eigenvalue weighted by Crippen LogP contribution is -1.71. The quantitative estimate of drug-likeness (QED) is 0.535. The lowest BCUT2D eigenvalue weighted by atomic mass is 10.2. The number of hydrogen-bond acceptors (Lipinski definition) is 0. The molecule has 1 aliphatic rings. The average molecular weight is 146 g/mol. The first-order valence-corrected chi connectivity index (χ1v) is 3.95. The predicted octanol–water partition coefficient (Wildman–Crippen LogP) is 3.40. The van der Waals surface area contributed by atoms with Crippen molar-refractivity contribution in [2.75, 3.05) is 0 Å². The van der Waals surface area contributed by atoms with Gasteiger partial charge in [-0.1, -0.05) is 42.5 Å². The molecule has 58 valence electrons. The van der Waals surface area contributed by atoms with Gasteiger partial charge in [0.1, 0.15) is 0 Å². The van der Waals surface area contributed by atoms with E-state index in [0.717, 1.165) is 12.8 Å². The molecule has 11 heavy (non-hydrogen) atoms. The van der Waals surface area contributed by atoms with Crippen molar-refractivity contribution < 1.29 is 0 Å². The van der Waals surface area contributed by atoms with E-state index in [0.29, 0.717) is 0 Å². The molecule has 0 fully saturated rings. The van der Waals surface area contributed by atoms with E-state index in [1.807, 2.05) is 6.92 Å². The lowest BCUT2D eigenvalue weighted by Gasteiger charge is -1.91. The van der Waals surface area contributed by atoms with Crippen molar-refractivity contribution in [3.8, 4) is 0 Å². The van der Waals surface area contributed by atoms with E-state index in [4.69, 9.17) is 0 Å². The van der Waals surface area contributed by atoms with Crippen molar-refractivity contribution in [2.24, 2.45) is 0 Å². The molecule has 1 rings (SSSR count). The minimum Gasteiger partial charge on any atom is -0.0998 e. The zero-order chi connectivity index (χ0) is 8.10. The molecule has 0 nitrogen and oxygen atoms in total. The lowest BCUT2D eigenvalue weighted by molar-refractivity contribution is 1.21. The molecule has 0 unspecified atom stereocenters. The molecule has 0 bridgehead atoms. The van der Waals surface area contributed by atoms with E-state index >= 15 is 0 Å². The maximum absolute atomic E-state index is 3.83. The Morgan fingerprint density at radius 2 is 2.55 bits per heavy atom. The summed E-state index contributed by atoms with van der Waals surface area (Å²) in [6, 6.07) is 0. The Kier molecular flexibility index (Phi) is 2.91. The summed E-state index contributed by atoms with van der Waals surface area (Å²) in [6.07, 6.45) is 12.8. The molecule has 0 aromatic carbocycles. The smallest absolute Gasteiger partial charge is 0.00944 e. The maximum Gasteiger partial charge on any atom is -0.00944 e. The SMILES string of the molecule is C=C(C)C/C=C/C1=CC=CC1. The number of rotatable bonds is 3. The highest BCUT2D eigenvalue weighted by Gasteiger charge is 1.91. The molecule has 0 aromatic rings. The van der Waals surface area contributed by atoms with Crippen LogP contribution in [0.3, 0.4) is 0 Å². The second kappa shape index (κ2) is 3.97. The molecule has 0 saturated carbocycles. The van der Waals surface area contributed by atoms with Crippen LogP contribution in [0.15, 0.2) is 48.1 Å². The van der Waals surface area contributed by atoms with Crippen molar-refractivity contribution >= 4 is 0 Å². The van der Waals surface area contributed by atoms with Gasteiger partial charge in [0.15, 0.2) is 0 Å². The van der Waals surface area contributed by atoms with Crippen LogP contribution in [0.1, 0.15) is 19.8 Å². The molecular formula is C11H14. The van der Waals surface area contributed by atoms with Gasteiger partial charge in [0.05, 0.1) is 0 Å². The predicted molar refractivity (Wildman–Crippen MR) is 50.4 cm³/mol. The van der Waals surface area contributed by atoms with E-state index < -0.39 is 0 Å². The molecule has 0 heterocycles. The highest BCUT2D eigenvalue weighted by molar-refractivity contribution is 5.31. The Morgan fingerprint density at radius 1 is 1.73 bits per heavy atom. The summed E-state index contributed by atoms with van der Waals surface area (Å²) in [6.45, 7) is 5.88. The molecule has 0 N–H and O–H groups in total. The number of hydrogen-bond donors (Lipinski definition) is 0. The highest BCUT2D eigenvalue weighted by atomic mass is 14.0. The van der Waals surface area contributed by atoms with E-state index in [-0.39, 0.29) is 0 Å². The van der Waals surface area contributed by atoms with Gasteiger partial charge in [0.25, 0.3) is 0 Å². The fourth-order valence-corrected chi connectivity index (χ4v) is 0.999. The first-order chi connectivity index (χ1) is 5.29. The van der Waals surface area contributed by atoms with Crippen molar-refractivity contribution in [1.82, 2.24) is 0 Å². The van der Waals surface area contributed by atoms with Crippen LogP contribution in [0.25, 0.3) is 0 Å². The van der Waals surface area contributed by atoms with Crippen LogP contribution in [0.2, 0.25) is 0 Å². The van der Waals surface area contributed by atoms with Gasteiger partial charge >= 0.3 is 0 Å². The van der Waals surface area contributed by atoms with Gasteiger partial charge in [-0.3, -0.25) is 0 Å². The van der Waals surface area contributed by atoms with Gasteiger partial charge in [-0.15, -0.1) is 0 Å². The summed E-state index contributed by atoms with van der Waals surface area (Å²) in [5, 5.41) is 0. The molecule has 0 aliphatic heterocycles. The number of allylic oxidation sites excluding steroid dienone is 7. The Bertz CT molecular complexity index is 226. The van der Waals surface area contributed by atoms with Gasteiger partial charge in [-0.2, -0.15) is 0 Å². The third kappa shape index (κ3) is 3.03. The van der Waals surface area contributed by atoms with Gasteiger partial charge in [-0.05, 0) is 25.3 Å². The van der Waals surface area contributed by atoms with Gasteiger partial charge in [0, 0.05) is 0 Å². The Hall–Kier alpha value is -1.04. The van der Waals surface area contributed by atoms with Crippen LogP contribution in [-0.2, 0) is 0 Å². The van der Waals surface area contributed by atoms with E-state index in [2.05, 4.69) is 37.0 Å². The first kappa shape index (κ1) is 8.06. The summed E-state index contributed by atoms with van der Waals surface area (Å²) < 4.78 is 0. The minimum absolute atomic E-state index is 0.997. The zero-order valence-electron chi connectivity index (χ0n) is 7.01. The van der Waals surface area contributed by atoms with Crippen molar-refractivity contribution in [3.05, 3.63) is 48.1 Å². The Labute approximate surface area is 68.6 Å². The molecule has 0 atom stereocenters. The van der Waals surface area contributed by atoms with Gasteiger partial charge < -0.3 is 0 Å². The summed E-state index contributed by atoms with van der Waals surface area (Å²) in [4.78, 5) is 0. The maximum atomic E-state index is 3.83. The van der Waals surface area contributed by atoms with Crippen molar-refractivity contribution in [2.45, 2.75) is 19.8 Å². The van der Waals surface area contributed by atoms with Crippen LogP contribution in [0.5, 0.6) is 0 Å². The molecule has 0 aromatic heterocycles. The van der Waals surface area contributed by atoms with Gasteiger partial charge in [0.2, 0.25) is 0 Å². The Morgan fingerprint density at radius 3 is 3.09 bits per heavy atom. The second-order valence-electron chi connectivity index (χ2n) is 2.94. The topological polar surface area (TPSA) is 0 Å². The Balaban J connectivity index is 2.30. The molecule has 0 spiro atoms. The highest BCUT2D eigenvalue weighted by Crippen LogP contribution is 2.12. The third-order valence-corrected chi connectivity index (χ3v) is 1.60. The van der Waals surface area contributed by atoms with E-state index in [1.165, 1.54) is 11.1 Å². The van der Waals surface area contributed by atoms with Crippen LogP contribution in [-0.4, -0.2) is 0 Å². The van der Waals surface area contributed by atoms with Crippen LogP contribution in [0.4, 0.5) is 0 Å². The van der Waals surface area contributed by atoms with Gasteiger partial charge in [-0.25, -0.2) is 0 Å². The first-order valence-electron chi connectivity index (χ1n) is 3.95. The largest absolute Gasteiger partial charge is 0.0998 e. The van der Waals surface area contributed by atoms with Crippen LogP contribution >= 0.6 is 0 Å². The van der Waals surface area contributed by atoms with Crippen molar-refractivity contribution in [1.29, 1.82) is 0 Å². The third-order valence-electron chi connectivity index (χ3n) is 1.60. The zero-order valence-corrected chi connectivity index (χ0v) is 7.01. The fourth-order valence-electron chi connectivity index (χ4n) is 0.999. The second-order valence-corrected chi connectivity index (χ2v) is 2.94. The van der Waals surface area contributed by atoms with Crippen molar-refractivity contribution in [3.63, 3.8) is 0 Å².